The maximum absolute atomic E-state index is 12.7. The molecule has 0 unspecified atom stereocenters. The number of aromatic nitrogens is 3. The number of aryl methyl sites for hydroxylation is 2. The number of hydrogen-bond donors (Lipinski definition) is 1. The number of H-pyrrole nitrogens is 1. The van der Waals surface area contributed by atoms with Gasteiger partial charge in [0.15, 0.2) is 5.65 Å². The maximum atomic E-state index is 12.7. The molecule has 0 bridgehead atoms. The number of nitrogens with zero attached hydrogens (tertiary/aromatic N) is 3. The molecule has 2 aromatic heterocycles. The number of imidazole rings is 1. The SMILES string of the molecule is O=C(CCc1nc2ncccc2[nH]1)N1CCC[C@H]1CCc1ccccc1. The van der Waals surface area contributed by atoms with Gasteiger partial charge in [-0.3, -0.25) is 4.79 Å². The van der Waals surface area contributed by atoms with Crippen molar-refractivity contribution in [2.45, 2.75) is 44.6 Å². The molecule has 1 fully saturated rings. The van der Waals surface area contributed by atoms with E-state index < -0.39 is 0 Å². The molecule has 0 saturated carbocycles. The summed E-state index contributed by atoms with van der Waals surface area (Å²) in [5, 5.41) is 0. The van der Waals surface area contributed by atoms with Crippen LogP contribution in [0.2, 0.25) is 0 Å². The standard InChI is InChI=1S/C21H24N4O/c26-20(13-12-19-23-18-9-4-14-22-21(18)24-19)25-15-5-8-17(25)11-10-16-6-2-1-3-7-16/h1-4,6-7,9,14,17H,5,8,10-13,15H2,(H,22,23,24)/t17-/m0/s1. The zero-order chi connectivity index (χ0) is 17.8. The minimum absolute atomic E-state index is 0.244. The Morgan fingerprint density at radius 1 is 1.15 bits per heavy atom. The van der Waals surface area contributed by atoms with Crippen molar-refractivity contribution < 1.29 is 4.79 Å². The van der Waals surface area contributed by atoms with Gasteiger partial charge in [-0.05, 0) is 43.4 Å². The molecule has 1 atom stereocenters. The van der Waals surface area contributed by atoms with Gasteiger partial charge in [0.25, 0.3) is 0 Å². The van der Waals surface area contributed by atoms with Gasteiger partial charge in [0.1, 0.15) is 5.82 Å². The molecule has 5 heteroatoms. The summed E-state index contributed by atoms with van der Waals surface area (Å²) in [5.74, 6) is 1.08. The third-order valence-electron chi connectivity index (χ3n) is 5.19. The van der Waals surface area contributed by atoms with Crippen molar-refractivity contribution in [2.24, 2.45) is 0 Å². The fraction of sp³-hybridized carbons (Fsp3) is 0.381. The molecule has 3 aromatic rings. The van der Waals surface area contributed by atoms with Gasteiger partial charge in [-0.15, -0.1) is 0 Å². The number of nitrogens with one attached hydrogen (secondary N) is 1. The van der Waals surface area contributed by atoms with Gasteiger partial charge in [0.05, 0.1) is 5.52 Å². The first kappa shape index (κ1) is 16.8. The monoisotopic (exact) mass is 348 g/mol. The first-order chi connectivity index (χ1) is 12.8. The minimum Gasteiger partial charge on any atom is -0.341 e. The van der Waals surface area contributed by atoms with Gasteiger partial charge < -0.3 is 9.88 Å². The number of likely N-dealkylation sites (tertiary alicyclic amines) is 1. The molecule has 26 heavy (non-hydrogen) atoms. The molecule has 1 N–H and O–H groups in total. The van der Waals surface area contributed by atoms with E-state index in [1.807, 2.05) is 18.2 Å². The Hall–Kier alpha value is -2.69. The van der Waals surface area contributed by atoms with Gasteiger partial charge in [0, 0.05) is 31.6 Å². The average molecular weight is 348 g/mol. The molecule has 1 amide bonds. The highest BCUT2D eigenvalue weighted by atomic mass is 16.2. The van der Waals surface area contributed by atoms with Crippen LogP contribution in [0, 0.1) is 0 Å². The Balaban J connectivity index is 1.32. The number of amides is 1. The summed E-state index contributed by atoms with van der Waals surface area (Å²) >= 11 is 0. The number of pyridine rings is 1. The average Bonchev–Trinajstić information content (AvgIpc) is 3.31. The van der Waals surface area contributed by atoms with Gasteiger partial charge in [-0.1, -0.05) is 30.3 Å². The van der Waals surface area contributed by atoms with Crippen molar-refractivity contribution >= 4 is 17.1 Å². The molecule has 0 spiro atoms. The number of carbonyl (C=O) groups is 1. The Morgan fingerprint density at radius 2 is 2.04 bits per heavy atom. The van der Waals surface area contributed by atoms with Gasteiger partial charge in [-0.2, -0.15) is 0 Å². The highest BCUT2D eigenvalue weighted by Gasteiger charge is 2.28. The van der Waals surface area contributed by atoms with Crippen LogP contribution in [-0.4, -0.2) is 38.3 Å². The third-order valence-corrected chi connectivity index (χ3v) is 5.19. The van der Waals surface area contributed by atoms with Crippen molar-refractivity contribution in [3.63, 3.8) is 0 Å². The van der Waals surface area contributed by atoms with Crippen LogP contribution in [0.25, 0.3) is 11.2 Å². The second-order valence-electron chi connectivity index (χ2n) is 6.97. The first-order valence-electron chi connectivity index (χ1n) is 9.42. The highest BCUT2D eigenvalue weighted by molar-refractivity contribution is 5.77. The number of aromatic amines is 1. The molecule has 0 aliphatic carbocycles. The lowest BCUT2D eigenvalue weighted by Gasteiger charge is -2.24. The molecule has 5 nitrogen and oxygen atoms in total. The van der Waals surface area contributed by atoms with Crippen LogP contribution >= 0.6 is 0 Å². The van der Waals surface area contributed by atoms with Crippen LogP contribution in [-0.2, 0) is 17.6 Å². The van der Waals surface area contributed by atoms with E-state index in [1.165, 1.54) is 5.56 Å². The minimum atomic E-state index is 0.244. The van der Waals surface area contributed by atoms with Crippen LogP contribution < -0.4 is 0 Å². The summed E-state index contributed by atoms with van der Waals surface area (Å²) in [6.45, 7) is 0.889. The predicted molar refractivity (Wildman–Crippen MR) is 102 cm³/mol. The Morgan fingerprint density at radius 3 is 2.88 bits per heavy atom. The van der Waals surface area contributed by atoms with Crippen LogP contribution in [0.3, 0.4) is 0 Å². The van der Waals surface area contributed by atoms with E-state index in [0.29, 0.717) is 18.9 Å². The highest BCUT2D eigenvalue weighted by Crippen LogP contribution is 2.23. The summed E-state index contributed by atoms with van der Waals surface area (Å²) in [4.78, 5) is 26.8. The smallest absolute Gasteiger partial charge is 0.223 e. The molecule has 1 aromatic carbocycles. The number of carbonyl (C=O) groups excluding carboxylic acids is 1. The van der Waals surface area contributed by atoms with Gasteiger partial charge in [-0.25, -0.2) is 9.97 Å². The van der Waals surface area contributed by atoms with Gasteiger partial charge >= 0.3 is 0 Å². The molecule has 3 heterocycles. The van der Waals surface area contributed by atoms with Crippen molar-refractivity contribution in [2.75, 3.05) is 6.54 Å². The summed E-state index contributed by atoms with van der Waals surface area (Å²) in [6.07, 6.45) is 7.18. The topological polar surface area (TPSA) is 61.9 Å². The van der Waals surface area contributed by atoms with Crippen molar-refractivity contribution in [3.05, 3.63) is 60.0 Å². The zero-order valence-electron chi connectivity index (χ0n) is 14.9. The fourth-order valence-electron chi connectivity index (χ4n) is 3.82. The number of fused-ring (bicyclic) bond motifs is 1. The van der Waals surface area contributed by atoms with Crippen molar-refractivity contribution in [1.29, 1.82) is 0 Å². The van der Waals surface area contributed by atoms with E-state index in [2.05, 4.69) is 44.1 Å². The molecular weight excluding hydrogens is 324 g/mol. The van der Waals surface area contributed by atoms with Crippen molar-refractivity contribution in [3.8, 4) is 0 Å². The summed E-state index contributed by atoms with van der Waals surface area (Å²) < 4.78 is 0. The van der Waals surface area contributed by atoms with Crippen LogP contribution in [0.5, 0.6) is 0 Å². The number of benzene rings is 1. The lowest BCUT2D eigenvalue weighted by atomic mass is 10.0. The van der Waals surface area contributed by atoms with E-state index in [-0.39, 0.29) is 5.91 Å². The summed E-state index contributed by atoms with van der Waals surface area (Å²) in [7, 11) is 0. The van der Waals surface area contributed by atoms with E-state index >= 15 is 0 Å². The number of rotatable bonds is 6. The predicted octanol–water partition coefficient (Wildman–Crippen LogP) is 3.51. The quantitative estimate of drug-likeness (QED) is 0.741. The Bertz CT molecular complexity index is 841. The molecule has 4 rings (SSSR count). The normalized spacial score (nSPS) is 17.1. The molecule has 1 aliphatic heterocycles. The Kier molecular flexibility index (Phi) is 4.95. The van der Waals surface area contributed by atoms with Gasteiger partial charge in [0.2, 0.25) is 5.91 Å². The zero-order valence-corrected chi connectivity index (χ0v) is 14.9. The van der Waals surface area contributed by atoms with E-state index in [1.54, 1.807) is 6.20 Å². The summed E-state index contributed by atoms with van der Waals surface area (Å²) in [5.41, 5.74) is 3.00. The second-order valence-corrected chi connectivity index (χ2v) is 6.97. The molecule has 0 radical (unpaired) electrons. The molecule has 134 valence electrons. The van der Waals surface area contributed by atoms with Crippen molar-refractivity contribution in [1.82, 2.24) is 19.9 Å². The third kappa shape index (κ3) is 3.77. The second kappa shape index (κ2) is 7.68. The first-order valence-corrected chi connectivity index (χ1v) is 9.42. The lowest BCUT2D eigenvalue weighted by Crippen LogP contribution is -2.36. The number of hydrogen-bond acceptors (Lipinski definition) is 3. The largest absolute Gasteiger partial charge is 0.341 e. The molecule has 1 aliphatic rings. The summed E-state index contributed by atoms with van der Waals surface area (Å²) in [6, 6.07) is 14.7. The Labute approximate surface area is 153 Å². The van der Waals surface area contributed by atoms with E-state index in [9.17, 15) is 4.79 Å². The fourth-order valence-corrected chi connectivity index (χ4v) is 3.82. The van der Waals surface area contributed by atoms with E-state index in [4.69, 9.17) is 0 Å². The van der Waals surface area contributed by atoms with Crippen LogP contribution in [0.15, 0.2) is 48.7 Å². The molecular formula is C21H24N4O. The maximum Gasteiger partial charge on any atom is 0.223 e. The van der Waals surface area contributed by atoms with Crippen LogP contribution in [0.1, 0.15) is 37.1 Å². The molecule has 1 saturated heterocycles. The van der Waals surface area contributed by atoms with Crippen LogP contribution in [0.4, 0.5) is 0 Å². The van der Waals surface area contributed by atoms with E-state index in [0.717, 1.165) is 49.2 Å². The lowest BCUT2D eigenvalue weighted by molar-refractivity contribution is -0.132.